The number of ether oxygens (including phenoxy) is 3. The number of esters is 1. The number of hydrazone groups is 1. The molecule has 0 saturated heterocycles. The Morgan fingerprint density at radius 2 is 1.94 bits per heavy atom. The molecule has 0 bridgehead atoms. The zero-order chi connectivity index (χ0) is 23.7. The molecular formula is C20H19ClF3N3O5. The van der Waals surface area contributed by atoms with Crippen LogP contribution in [-0.2, 0) is 20.5 Å². The summed E-state index contributed by atoms with van der Waals surface area (Å²) < 4.78 is 53.1. The Hall–Kier alpha value is -3.47. The van der Waals surface area contributed by atoms with E-state index < -0.39 is 23.6 Å². The van der Waals surface area contributed by atoms with Crippen LogP contribution >= 0.6 is 11.6 Å². The molecular weight excluding hydrogens is 455 g/mol. The highest BCUT2D eigenvalue weighted by atomic mass is 35.5. The number of hydrogen-bond donors (Lipinski definition) is 2. The van der Waals surface area contributed by atoms with Gasteiger partial charge in [0.05, 0.1) is 37.6 Å². The maximum Gasteiger partial charge on any atom is 0.416 e. The van der Waals surface area contributed by atoms with E-state index in [4.69, 9.17) is 21.1 Å². The molecule has 2 N–H and O–H groups in total. The van der Waals surface area contributed by atoms with Crippen molar-refractivity contribution in [1.82, 2.24) is 5.43 Å². The quantitative estimate of drug-likeness (QED) is 0.329. The fourth-order valence-electron chi connectivity index (χ4n) is 2.35. The smallest absolute Gasteiger partial charge is 0.416 e. The first-order valence-electron chi connectivity index (χ1n) is 8.94. The third-order valence-corrected chi connectivity index (χ3v) is 4.14. The van der Waals surface area contributed by atoms with E-state index in [-0.39, 0.29) is 35.4 Å². The van der Waals surface area contributed by atoms with E-state index in [1.54, 1.807) is 0 Å². The van der Waals surface area contributed by atoms with Gasteiger partial charge in [-0.05, 0) is 35.9 Å². The van der Waals surface area contributed by atoms with E-state index >= 15 is 0 Å². The largest absolute Gasteiger partial charge is 0.493 e. The van der Waals surface area contributed by atoms with Crippen LogP contribution in [-0.4, -0.2) is 45.5 Å². The summed E-state index contributed by atoms with van der Waals surface area (Å²) in [6, 6.07) is 7.44. The van der Waals surface area contributed by atoms with E-state index in [1.807, 2.05) is 0 Å². The van der Waals surface area contributed by atoms with E-state index in [9.17, 15) is 22.8 Å². The highest BCUT2D eigenvalue weighted by Crippen LogP contribution is 2.36. The number of nitrogens with zero attached hydrogens (tertiary/aromatic N) is 1. The summed E-state index contributed by atoms with van der Waals surface area (Å²) in [6.45, 7) is -0.669. The minimum Gasteiger partial charge on any atom is -0.493 e. The molecule has 1 amide bonds. The minimum absolute atomic E-state index is 0.131. The molecule has 0 aliphatic heterocycles. The lowest BCUT2D eigenvalue weighted by atomic mass is 10.2. The lowest BCUT2D eigenvalue weighted by molar-refractivity contribution is -0.143. The van der Waals surface area contributed by atoms with Crippen molar-refractivity contribution in [2.75, 3.05) is 32.7 Å². The van der Waals surface area contributed by atoms with Crippen molar-refractivity contribution in [3.8, 4) is 11.5 Å². The lowest BCUT2D eigenvalue weighted by Crippen LogP contribution is -2.26. The minimum atomic E-state index is -4.48. The van der Waals surface area contributed by atoms with Crippen LogP contribution in [0.1, 0.15) is 11.1 Å². The Morgan fingerprint density at radius 1 is 1.19 bits per heavy atom. The maximum absolute atomic E-state index is 12.7. The number of amides is 1. The summed E-state index contributed by atoms with van der Waals surface area (Å²) in [5, 5.41) is 6.49. The zero-order valence-electron chi connectivity index (χ0n) is 17.0. The van der Waals surface area contributed by atoms with Crippen LogP contribution in [0.25, 0.3) is 0 Å². The van der Waals surface area contributed by atoms with Crippen LogP contribution in [0.3, 0.4) is 0 Å². The Kier molecular flexibility index (Phi) is 8.71. The van der Waals surface area contributed by atoms with Gasteiger partial charge in [0.2, 0.25) is 0 Å². The molecule has 0 aliphatic carbocycles. The summed E-state index contributed by atoms with van der Waals surface area (Å²) in [5.41, 5.74) is 1.99. The molecule has 2 aromatic carbocycles. The third-order valence-electron chi connectivity index (χ3n) is 3.86. The second-order valence-corrected chi connectivity index (χ2v) is 6.53. The fourth-order valence-corrected chi connectivity index (χ4v) is 2.62. The summed E-state index contributed by atoms with van der Waals surface area (Å²) in [5.74, 6) is -0.837. The second-order valence-electron chi connectivity index (χ2n) is 6.12. The molecule has 0 aliphatic rings. The summed E-state index contributed by atoms with van der Waals surface area (Å²) in [6.07, 6.45) is -3.20. The van der Waals surface area contributed by atoms with Crippen molar-refractivity contribution in [2.45, 2.75) is 6.18 Å². The van der Waals surface area contributed by atoms with Crippen molar-refractivity contribution >= 4 is 35.4 Å². The molecule has 0 atom stereocenters. The highest BCUT2D eigenvalue weighted by Gasteiger charge is 2.30. The van der Waals surface area contributed by atoms with Gasteiger partial charge in [-0.15, -0.1) is 0 Å². The molecule has 0 spiro atoms. The van der Waals surface area contributed by atoms with E-state index in [2.05, 4.69) is 20.6 Å². The van der Waals surface area contributed by atoms with Crippen molar-refractivity contribution in [1.29, 1.82) is 0 Å². The molecule has 0 heterocycles. The first-order chi connectivity index (χ1) is 15.1. The molecule has 0 unspecified atom stereocenters. The van der Waals surface area contributed by atoms with Gasteiger partial charge < -0.3 is 19.5 Å². The molecule has 2 aromatic rings. The van der Waals surface area contributed by atoms with Crippen LogP contribution in [0.5, 0.6) is 11.5 Å². The predicted octanol–water partition coefficient (Wildman–Crippen LogP) is 3.48. The van der Waals surface area contributed by atoms with Gasteiger partial charge in [0.1, 0.15) is 0 Å². The topological polar surface area (TPSA) is 98.3 Å². The number of benzene rings is 2. The Bertz CT molecular complexity index is 999. The third kappa shape index (κ3) is 7.34. The van der Waals surface area contributed by atoms with Crippen molar-refractivity contribution in [3.63, 3.8) is 0 Å². The SMILES string of the molecule is COC(=O)COc1c(Cl)cc(/C=N\NC(=O)CNc2cccc(C(F)(F)F)c2)cc1OC. The van der Waals surface area contributed by atoms with Gasteiger partial charge in [0.15, 0.2) is 18.1 Å². The molecule has 0 radical (unpaired) electrons. The number of anilines is 1. The van der Waals surface area contributed by atoms with E-state index in [0.29, 0.717) is 5.56 Å². The maximum atomic E-state index is 12.7. The number of nitrogens with one attached hydrogen (secondary N) is 2. The van der Waals surface area contributed by atoms with Crippen LogP contribution in [0.15, 0.2) is 41.5 Å². The average Bonchev–Trinajstić information content (AvgIpc) is 2.76. The average molecular weight is 474 g/mol. The second kappa shape index (κ2) is 11.2. The van der Waals surface area contributed by atoms with Crippen molar-refractivity contribution < 1.29 is 37.0 Å². The van der Waals surface area contributed by atoms with Crippen LogP contribution < -0.4 is 20.2 Å². The van der Waals surface area contributed by atoms with Gasteiger partial charge >= 0.3 is 12.1 Å². The number of alkyl halides is 3. The Morgan fingerprint density at radius 3 is 2.59 bits per heavy atom. The molecule has 0 saturated carbocycles. The molecule has 2 rings (SSSR count). The van der Waals surface area contributed by atoms with Crippen LogP contribution in [0.2, 0.25) is 5.02 Å². The lowest BCUT2D eigenvalue weighted by Gasteiger charge is -2.12. The van der Waals surface area contributed by atoms with Crippen molar-refractivity contribution in [3.05, 3.63) is 52.5 Å². The van der Waals surface area contributed by atoms with E-state index in [0.717, 1.165) is 12.1 Å². The molecule has 32 heavy (non-hydrogen) atoms. The van der Waals surface area contributed by atoms with Gasteiger partial charge in [0, 0.05) is 5.69 Å². The number of rotatable bonds is 9. The number of halogens is 4. The van der Waals surface area contributed by atoms with Gasteiger partial charge in [-0.1, -0.05) is 17.7 Å². The highest BCUT2D eigenvalue weighted by molar-refractivity contribution is 6.32. The van der Waals surface area contributed by atoms with Crippen LogP contribution in [0, 0.1) is 0 Å². The van der Waals surface area contributed by atoms with Crippen molar-refractivity contribution in [2.24, 2.45) is 5.10 Å². The van der Waals surface area contributed by atoms with E-state index in [1.165, 1.54) is 44.7 Å². The number of carbonyl (C=O) groups is 2. The normalized spacial score (nSPS) is 11.2. The fraction of sp³-hybridized carbons (Fsp3) is 0.250. The van der Waals surface area contributed by atoms with Gasteiger partial charge in [-0.3, -0.25) is 4.79 Å². The Balaban J connectivity index is 1.95. The molecule has 8 nitrogen and oxygen atoms in total. The summed E-state index contributed by atoms with van der Waals surface area (Å²) >= 11 is 6.15. The molecule has 0 fully saturated rings. The molecule has 12 heteroatoms. The summed E-state index contributed by atoms with van der Waals surface area (Å²) in [4.78, 5) is 23.1. The first-order valence-corrected chi connectivity index (χ1v) is 9.32. The number of hydrogen-bond acceptors (Lipinski definition) is 7. The summed E-state index contributed by atoms with van der Waals surface area (Å²) in [7, 11) is 2.59. The van der Waals surface area contributed by atoms with Gasteiger partial charge in [-0.2, -0.15) is 18.3 Å². The van der Waals surface area contributed by atoms with Gasteiger partial charge in [-0.25, -0.2) is 10.2 Å². The molecule has 172 valence electrons. The predicted molar refractivity (Wildman–Crippen MR) is 111 cm³/mol. The number of methoxy groups -OCH3 is 2. The number of carbonyl (C=O) groups excluding carboxylic acids is 2. The molecule has 0 aromatic heterocycles. The first kappa shape index (κ1) is 24.8. The monoisotopic (exact) mass is 473 g/mol. The van der Waals surface area contributed by atoms with Gasteiger partial charge in [0.25, 0.3) is 5.91 Å². The standard InChI is InChI=1S/C20H19ClF3N3O5/c1-30-16-7-12(6-15(21)19(16)32-11-18(29)31-2)9-26-27-17(28)10-25-14-5-3-4-13(8-14)20(22,23)24/h3-9,25H,10-11H2,1-2H3,(H,27,28)/b26-9-. The van der Waals surface area contributed by atoms with Crippen LogP contribution in [0.4, 0.5) is 18.9 Å². The Labute approximate surface area is 186 Å². The zero-order valence-corrected chi connectivity index (χ0v) is 17.7.